The molecule has 0 N–H and O–H groups in total. The number of hydrogen-bond acceptors (Lipinski definition) is 0. The van der Waals surface area contributed by atoms with Crippen molar-refractivity contribution < 1.29 is 49.5 Å². The fraction of sp³-hybridized carbons (Fsp3) is 0.0714. The van der Waals surface area contributed by atoms with Crippen LogP contribution in [0.1, 0.15) is 6.42 Å². The van der Waals surface area contributed by atoms with E-state index in [2.05, 4.69) is 67.5 Å². The Balaban J connectivity index is 0.000000319. The Hall–Kier alpha value is -0.162. The van der Waals surface area contributed by atoms with E-state index in [0.29, 0.717) is 0 Å². The van der Waals surface area contributed by atoms with Crippen molar-refractivity contribution in [3.8, 4) is 0 Å². The molecule has 89 valence electrons. The van der Waals surface area contributed by atoms with Crippen molar-refractivity contribution in [3.05, 3.63) is 63.9 Å². The average molecular weight is 353 g/mol. The van der Waals surface area contributed by atoms with Crippen LogP contribution in [0.5, 0.6) is 0 Å². The molecule has 1 heterocycles. The Labute approximate surface area is 136 Å². The molecule has 0 bridgehead atoms. The van der Waals surface area contributed by atoms with Crippen molar-refractivity contribution in [1.29, 1.82) is 0 Å². The minimum absolute atomic E-state index is 0. The molecule has 0 saturated carbocycles. The summed E-state index contributed by atoms with van der Waals surface area (Å²) in [6.07, 6.45) is 7.69. The zero-order valence-corrected chi connectivity index (χ0v) is 13.8. The van der Waals surface area contributed by atoms with Gasteiger partial charge in [-0.15, -0.1) is 0 Å². The van der Waals surface area contributed by atoms with Gasteiger partial charge in [0.25, 0.3) is 0 Å². The van der Waals surface area contributed by atoms with Crippen molar-refractivity contribution >= 4 is 17.6 Å². The Morgan fingerprint density at radius 2 is 1.72 bits per heavy atom. The van der Waals surface area contributed by atoms with Crippen molar-refractivity contribution in [2.24, 2.45) is 0 Å². The summed E-state index contributed by atoms with van der Waals surface area (Å²) in [7, 11) is 0. The van der Waals surface area contributed by atoms with Gasteiger partial charge in [-0.25, -0.2) is 0 Å². The molecule has 0 saturated heterocycles. The average Bonchev–Trinajstić information content (AvgIpc) is 2.81. The van der Waals surface area contributed by atoms with E-state index in [9.17, 15) is 0 Å². The summed E-state index contributed by atoms with van der Waals surface area (Å²) in [5.74, 6) is 2.06. The first-order valence-electron chi connectivity index (χ1n) is 5.37. The monoisotopic (exact) mass is 351 g/mol. The number of rotatable bonds is 0. The SMILES string of the molecule is [Cl-].[Cl-].[Zr+2][C]1=CC=CC1.b1cccc2ccccc12. The van der Waals surface area contributed by atoms with Gasteiger partial charge in [-0.05, 0) is 0 Å². The van der Waals surface area contributed by atoms with Crippen LogP contribution in [-0.4, -0.2) is 6.91 Å². The van der Waals surface area contributed by atoms with Gasteiger partial charge in [0.1, 0.15) is 0 Å². The topological polar surface area (TPSA) is 0 Å². The molecule has 0 aliphatic heterocycles. The molecule has 0 nitrogen and oxygen atoms in total. The van der Waals surface area contributed by atoms with Crippen LogP contribution in [0.4, 0.5) is 0 Å². The molecule has 1 aliphatic rings. The van der Waals surface area contributed by atoms with E-state index in [1.54, 1.807) is 28.0 Å². The molecule has 0 unspecified atom stereocenters. The van der Waals surface area contributed by atoms with Gasteiger partial charge in [0.15, 0.2) is 0 Å². The molecule has 0 amide bonds. The number of hydrogen-bond donors (Lipinski definition) is 0. The first kappa shape index (κ1) is 17.8. The van der Waals surface area contributed by atoms with Gasteiger partial charge in [-0.1, -0.05) is 0 Å². The fourth-order valence-electron chi connectivity index (χ4n) is 1.58. The second-order valence-electron chi connectivity index (χ2n) is 3.67. The molecule has 1 aromatic heterocycles. The van der Waals surface area contributed by atoms with Gasteiger partial charge in [-0.3, -0.25) is 0 Å². The van der Waals surface area contributed by atoms with Gasteiger partial charge < -0.3 is 24.8 Å². The number of benzene rings is 1. The molecule has 0 atom stereocenters. The Morgan fingerprint density at radius 3 is 2.28 bits per heavy atom. The maximum atomic E-state index is 2.18. The van der Waals surface area contributed by atoms with Crippen LogP contribution in [0, 0.1) is 0 Å². The third-order valence-corrected chi connectivity index (χ3v) is 3.34. The molecular formula is C14H12BCl2Zr. The second kappa shape index (κ2) is 9.73. The first-order valence-corrected chi connectivity index (χ1v) is 6.60. The summed E-state index contributed by atoms with van der Waals surface area (Å²) < 4.78 is 1.56. The van der Waals surface area contributed by atoms with Crippen molar-refractivity contribution in [2.45, 2.75) is 6.42 Å². The first-order chi connectivity index (χ1) is 7.86. The van der Waals surface area contributed by atoms with Crippen LogP contribution < -0.4 is 24.8 Å². The van der Waals surface area contributed by atoms with E-state index in [0.717, 1.165) is 0 Å². The predicted octanol–water partition coefficient (Wildman–Crippen LogP) is -2.44. The van der Waals surface area contributed by atoms with E-state index in [1.807, 2.05) is 0 Å². The van der Waals surface area contributed by atoms with Crippen LogP contribution >= 0.6 is 0 Å². The van der Waals surface area contributed by atoms with Gasteiger partial charge in [-0.2, -0.15) is 0 Å². The molecule has 1 aliphatic carbocycles. The summed E-state index contributed by atoms with van der Waals surface area (Å²) >= 11 is 1.56. The van der Waals surface area contributed by atoms with Crippen LogP contribution in [0.15, 0.2) is 63.9 Å². The van der Waals surface area contributed by atoms with Crippen molar-refractivity contribution in [3.63, 3.8) is 0 Å². The van der Waals surface area contributed by atoms with Crippen LogP contribution in [0.25, 0.3) is 10.7 Å². The van der Waals surface area contributed by atoms with Crippen LogP contribution in [-0.2, 0) is 24.7 Å². The summed E-state index contributed by atoms with van der Waals surface area (Å²) in [5, 5.41) is 2.62. The van der Waals surface area contributed by atoms with Crippen LogP contribution in [0.3, 0.4) is 0 Å². The van der Waals surface area contributed by atoms with E-state index < -0.39 is 0 Å². The van der Waals surface area contributed by atoms with Crippen molar-refractivity contribution in [2.75, 3.05) is 0 Å². The number of allylic oxidation sites excluding steroid dienone is 4. The molecular weight excluding hydrogens is 341 g/mol. The van der Waals surface area contributed by atoms with E-state index >= 15 is 0 Å². The summed E-state index contributed by atoms with van der Waals surface area (Å²) in [5.41, 5.74) is 0. The van der Waals surface area contributed by atoms with E-state index in [-0.39, 0.29) is 24.8 Å². The maximum absolute atomic E-state index is 2.18. The zero-order valence-electron chi connectivity index (χ0n) is 9.81. The normalized spacial score (nSPS) is 11.6. The van der Waals surface area contributed by atoms with E-state index in [1.165, 1.54) is 17.1 Å². The third-order valence-electron chi connectivity index (χ3n) is 2.43. The van der Waals surface area contributed by atoms with Crippen LogP contribution in [0.2, 0.25) is 0 Å². The quantitative estimate of drug-likeness (QED) is 0.494. The second-order valence-corrected chi connectivity index (χ2v) is 5.25. The number of fused-ring (bicyclic) bond motifs is 1. The van der Waals surface area contributed by atoms with Crippen molar-refractivity contribution in [1.82, 2.24) is 0 Å². The molecule has 2 aromatic rings. The van der Waals surface area contributed by atoms with Gasteiger partial charge >= 0.3 is 113 Å². The van der Waals surface area contributed by atoms with Gasteiger partial charge in [0.05, 0.1) is 0 Å². The number of halogens is 2. The Morgan fingerprint density at radius 1 is 1.00 bits per heavy atom. The van der Waals surface area contributed by atoms with Gasteiger partial charge in [0.2, 0.25) is 0 Å². The summed E-state index contributed by atoms with van der Waals surface area (Å²) in [6, 6.07) is 12.5. The summed E-state index contributed by atoms with van der Waals surface area (Å²) in [6.45, 7) is 2.12. The summed E-state index contributed by atoms with van der Waals surface area (Å²) in [4.78, 5) is 0. The molecule has 4 heteroatoms. The fourth-order valence-corrected chi connectivity index (χ4v) is 2.11. The predicted molar refractivity (Wildman–Crippen MR) is 67.1 cm³/mol. The zero-order chi connectivity index (χ0) is 11.2. The molecule has 1 aromatic carbocycles. The Kier molecular flexibility index (Phi) is 9.64. The molecule has 0 spiro atoms. The molecule has 3 rings (SSSR count). The molecule has 18 heavy (non-hydrogen) atoms. The molecule has 0 fully saturated rings. The molecule has 0 radical (unpaired) electrons. The van der Waals surface area contributed by atoms with Gasteiger partial charge in [0, 0.05) is 0 Å². The third kappa shape index (κ3) is 5.65. The minimum atomic E-state index is 0. The van der Waals surface area contributed by atoms with E-state index in [4.69, 9.17) is 0 Å². The standard InChI is InChI=1S/C9H7B.C5H5.2ClH.Zr/c1-2-6-9-8(4-1)5-3-7-10-9;1-2-4-5-3-1;;;/h1-7H;1-3H,4H2;2*1H;/q;;;;+2/p-2. The Bertz CT molecular complexity index is 473.